The molecular formula is C29H25ClN2O4. The van der Waals surface area contributed by atoms with Crippen LogP contribution in [0.2, 0.25) is 5.02 Å². The summed E-state index contributed by atoms with van der Waals surface area (Å²) in [6, 6.07) is 19.3. The maximum atomic E-state index is 13.5. The second-order valence-electron chi connectivity index (χ2n) is 8.75. The zero-order valence-electron chi connectivity index (χ0n) is 20.2. The maximum Gasteiger partial charge on any atom is 0.300 e. The monoisotopic (exact) mass is 500 g/mol. The third-order valence-electron chi connectivity index (χ3n) is 6.72. The Hall–Kier alpha value is -4.03. The van der Waals surface area contributed by atoms with Gasteiger partial charge >= 0.3 is 0 Å². The molecule has 0 spiro atoms. The summed E-state index contributed by atoms with van der Waals surface area (Å²) in [6.07, 6.45) is 2.75. The Balaban J connectivity index is 1.80. The van der Waals surface area contributed by atoms with Gasteiger partial charge in [0.05, 0.1) is 23.7 Å². The molecule has 4 aromatic rings. The molecule has 5 rings (SSSR count). The van der Waals surface area contributed by atoms with Crippen LogP contribution in [0.5, 0.6) is 5.75 Å². The summed E-state index contributed by atoms with van der Waals surface area (Å²) in [5, 5.41) is 12.6. The van der Waals surface area contributed by atoms with Crippen LogP contribution in [0, 0.1) is 0 Å². The van der Waals surface area contributed by atoms with Crippen LogP contribution in [0.3, 0.4) is 0 Å². The fourth-order valence-corrected chi connectivity index (χ4v) is 5.04. The molecule has 0 saturated carbocycles. The lowest BCUT2D eigenvalue weighted by Crippen LogP contribution is -2.29. The Morgan fingerprint density at radius 1 is 1.06 bits per heavy atom. The lowest BCUT2D eigenvalue weighted by molar-refractivity contribution is -0.132. The molecular weight excluding hydrogens is 476 g/mol. The Morgan fingerprint density at radius 2 is 1.78 bits per heavy atom. The molecule has 1 aromatic heterocycles. The summed E-state index contributed by atoms with van der Waals surface area (Å²) in [4.78, 5) is 28.5. The van der Waals surface area contributed by atoms with Crippen LogP contribution in [0.1, 0.15) is 29.7 Å². The van der Waals surface area contributed by atoms with E-state index in [0.717, 1.165) is 28.5 Å². The number of amides is 1. The van der Waals surface area contributed by atoms with Crippen molar-refractivity contribution in [3.8, 4) is 5.75 Å². The number of aliphatic hydroxyl groups excluding tert-OH is 1. The predicted molar refractivity (Wildman–Crippen MR) is 142 cm³/mol. The standard InChI is InChI=1S/C29H25ClN2O4/c1-4-17-9-11-18(12-10-17)32-26(22-16-31(2)24-8-6-5-7-20(22)24)25(28(34)29(32)35)27(33)21-15-19(36-3)13-14-23(21)30/h5-16,26,33H,4H2,1-3H3/b27-25+. The lowest BCUT2D eigenvalue weighted by atomic mass is 9.94. The van der Waals surface area contributed by atoms with E-state index in [9.17, 15) is 14.7 Å². The SMILES string of the molecule is CCc1ccc(N2C(=O)C(=O)/C(=C(/O)c3cc(OC)ccc3Cl)C2c2cn(C)c3ccccc23)cc1. The van der Waals surface area contributed by atoms with E-state index in [4.69, 9.17) is 16.3 Å². The molecule has 1 fully saturated rings. The molecule has 2 heterocycles. The third kappa shape index (κ3) is 3.74. The number of Topliss-reactive ketones (excluding diaryl/α,β-unsaturated/α-hetero) is 1. The summed E-state index contributed by atoms with van der Waals surface area (Å²) in [7, 11) is 3.41. The number of ketones is 1. The van der Waals surface area contributed by atoms with Crippen molar-refractivity contribution in [1.82, 2.24) is 4.57 Å². The average Bonchev–Trinajstić information content (AvgIpc) is 3.37. The molecule has 1 aliphatic heterocycles. The van der Waals surface area contributed by atoms with Crippen molar-refractivity contribution in [2.24, 2.45) is 7.05 Å². The second kappa shape index (κ2) is 9.21. The van der Waals surface area contributed by atoms with Gasteiger partial charge in [-0.3, -0.25) is 14.5 Å². The maximum absolute atomic E-state index is 13.5. The van der Waals surface area contributed by atoms with Crippen LogP contribution < -0.4 is 9.64 Å². The van der Waals surface area contributed by atoms with Gasteiger partial charge in [0, 0.05) is 41.0 Å². The number of benzene rings is 3. The van der Waals surface area contributed by atoms with Crippen LogP contribution >= 0.6 is 11.6 Å². The van der Waals surface area contributed by atoms with Gasteiger partial charge in [-0.15, -0.1) is 0 Å². The molecule has 182 valence electrons. The van der Waals surface area contributed by atoms with E-state index in [1.807, 2.05) is 66.3 Å². The van der Waals surface area contributed by atoms with Gasteiger partial charge in [-0.05, 0) is 48.4 Å². The van der Waals surface area contributed by atoms with E-state index < -0.39 is 17.7 Å². The number of carbonyl (C=O) groups excluding carboxylic acids is 2. The highest BCUT2D eigenvalue weighted by Gasteiger charge is 2.48. The smallest absolute Gasteiger partial charge is 0.300 e. The fourth-order valence-electron chi connectivity index (χ4n) is 4.83. The minimum absolute atomic E-state index is 0.0222. The van der Waals surface area contributed by atoms with Crippen LogP contribution in [-0.4, -0.2) is 28.5 Å². The van der Waals surface area contributed by atoms with Crippen LogP contribution in [0.15, 0.2) is 78.5 Å². The molecule has 0 bridgehead atoms. The van der Waals surface area contributed by atoms with Crippen LogP contribution in [0.4, 0.5) is 5.69 Å². The quantitative estimate of drug-likeness (QED) is 0.206. The summed E-state index contributed by atoms with van der Waals surface area (Å²) < 4.78 is 7.25. The topological polar surface area (TPSA) is 71.8 Å². The number of halogens is 1. The number of nitrogens with zero attached hydrogens (tertiary/aromatic N) is 2. The Kier molecular flexibility index (Phi) is 6.06. The first-order valence-electron chi connectivity index (χ1n) is 11.6. The Bertz CT molecular complexity index is 1530. The van der Waals surface area contributed by atoms with Gasteiger partial charge in [-0.2, -0.15) is 0 Å². The van der Waals surface area contributed by atoms with Crippen LogP contribution in [-0.2, 0) is 23.1 Å². The average molecular weight is 501 g/mol. The minimum atomic E-state index is -0.856. The number of hydrogen-bond donors (Lipinski definition) is 1. The zero-order valence-corrected chi connectivity index (χ0v) is 20.9. The fraction of sp³-hybridized carbons (Fsp3) is 0.172. The van der Waals surface area contributed by atoms with Gasteiger partial charge in [0.15, 0.2) is 0 Å². The van der Waals surface area contributed by atoms with Gasteiger partial charge in [-0.25, -0.2) is 0 Å². The number of fused-ring (bicyclic) bond motifs is 1. The molecule has 1 N–H and O–H groups in total. The van der Waals surface area contributed by atoms with E-state index in [-0.39, 0.29) is 21.9 Å². The van der Waals surface area contributed by atoms with Gasteiger partial charge in [-0.1, -0.05) is 48.9 Å². The first-order chi connectivity index (χ1) is 17.3. The molecule has 0 radical (unpaired) electrons. The van der Waals surface area contributed by atoms with Gasteiger partial charge in [0.2, 0.25) is 0 Å². The highest BCUT2D eigenvalue weighted by atomic mass is 35.5. The van der Waals surface area contributed by atoms with Gasteiger partial charge in [0.1, 0.15) is 11.5 Å². The van der Waals surface area contributed by atoms with Crippen molar-refractivity contribution in [1.29, 1.82) is 0 Å². The van der Waals surface area contributed by atoms with E-state index >= 15 is 0 Å². The lowest BCUT2D eigenvalue weighted by Gasteiger charge is -2.25. The first kappa shape index (κ1) is 23.7. The van der Waals surface area contributed by atoms with E-state index in [1.165, 1.54) is 12.0 Å². The highest BCUT2D eigenvalue weighted by Crippen LogP contribution is 2.45. The molecule has 7 heteroatoms. The number of rotatable bonds is 5. The molecule has 3 aromatic carbocycles. The van der Waals surface area contributed by atoms with Crippen LogP contribution in [0.25, 0.3) is 16.7 Å². The largest absolute Gasteiger partial charge is 0.507 e. The molecule has 1 atom stereocenters. The zero-order chi connectivity index (χ0) is 25.6. The number of ether oxygens (including phenoxy) is 1. The number of aliphatic hydroxyl groups is 1. The van der Waals surface area contributed by atoms with Gasteiger partial charge in [0.25, 0.3) is 11.7 Å². The molecule has 1 amide bonds. The minimum Gasteiger partial charge on any atom is -0.507 e. The molecule has 6 nitrogen and oxygen atoms in total. The van der Waals surface area contributed by atoms with Crippen molar-refractivity contribution in [2.45, 2.75) is 19.4 Å². The number of anilines is 1. The molecule has 1 saturated heterocycles. The van der Waals surface area contributed by atoms with Crippen molar-refractivity contribution < 1.29 is 19.4 Å². The number of hydrogen-bond acceptors (Lipinski definition) is 4. The van der Waals surface area contributed by atoms with Gasteiger partial charge < -0.3 is 14.4 Å². The molecule has 36 heavy (non-hydrogen) atoms. The molecule has 1 aliphatic rings. The summed E-state index contributed by atoms with van der Waals surface area (Å²) in [5.74, 6) is -1.36. The van der Waals surface area contributed by atoms with E-state index in [2.05, 4.69) is 6.92 Å². The number of para-hydroxylation sites is 1. The molecule has 1 unspecified atom stereocenters. The van der Waals surface area contributed by atoms with Crippen molar-refractivity contribution in [2.75, 3.05) is 12.0 Å². The number of aryl methyl sites for hydroxylation is 2. The Morgan fingerprint density at radius 3 is 2.47 bits per heavy atom. The molecule has 0 aliphatic carbocycles. The third-order valence-corrected chi connectivity index (χ3v) is 7.05. The van der Waals surface area contributed by atoms with Crippen molar-refractivity contribution in [3.63, 3.8) is 0 Å². The number of methoxy groups -OCH3 is 1. The summed E-state index contributed by atoms with van der Waals surface area (Å²) >= 11 is 6.43. The second-order valence-corrected chi connectivity index (χ2v) is 9.15. The van der Waals surface area contributed by atoms with E-state index in [0.29, 0.717) is 11.4 Å². The summed E-state index contributed by atoms with van der Waals surface area (Å²) in [5.41, 5.74) is 3.56. The number of aromatic nitrogens is 1. The predicted octanol–water partition coefficient (Wildman–Crippen LogP) is 6.03. The highest BCUT2D eigenvalue weighted by molar-refractivity contribution is 6.52. The first-order valence-corrected chi connectivity index (χ1v) is 12.0. The Labute approximate surface area is 214 Å². The van der Waals surface area contributed by atoms with Crippen molar-refractivity contribution >= 4 is 45.6 Å². The van der Waals surface area contributed by atoms with E-state index in [1.54, 1.807) is 18.2 Å². The number of carbonyl (C=O) groups is 2. The van der Waals surface area contributed by atoms with Crippen molar-refractivity contribution in [3.05, 3.63) is 100 Å². The summed E-state index contributed by atoms with van der Waals surface area (Å²) in [6.45, 7) is 2.05. The normalized spacial score (nSPS) is 17.2.